The first-order chi connectivity index (χ1) is 10.3. The van der Waals surface area contributed by atoms with Gasteiger partial charge in [0.1, 0.15) is 0 Å². The molecule has 1 saturated carbocycles. The van der Waals surface area contributed by atoms with Crippen LogP contribution in [-0.4, -0.2) is 26.8 Å². The molecule has 0 radical (unpaired) electrons. The maximum absolute atomic E-state index is 6.35. The largest absolute Gasteiger partial charge is 0.313 e. The van der Waals surface area contributed by atoms with Crippen LogP contribution in [0.25, 0.3) is 0 Å². The Labute approximate surface area is 133 Å². The van der Waals surface area contributed by atoms with Crippen LogP contribution in [0.2, 0.25) is 5.02 Å². The highest BCUT2D eigenvalue weighted by Crippen LogP contribution is 2.39. The first-order valence-electron chi connectivity index (χ1n) is 7.23. The van der Waals surface area contributed by atoms with Crippen molar-refractivity contribution in [1.29, 1.82) is 0 Å². The zero-order chi connectivity index (χ0) is 14.7. The molecule has 0 atom stereocenters. The highest BCUT2D eigenvalue weighted by molar-refractivity contribution is 7.99. The summed E-state index contributed by atoms with van der Waals surface area (Å²) in [5.41, 5.74) is 1.11. The minimum Gasteiger partial charge on any atom is -0.313 e. The van der Waals surface area contributed by atoms with Crippen LogP contribution in [0, 0.1) is 0 Å². The van der Waals surface area contributed by atoms with Crippen LogP contribution >= 0.6 is 23.4 Å². The van der Waals surface area contributed by atoms with E-state index in [0.29, 0.717) is 6.04 Å². The molecule has 5 nitrogen and oxygen atoms in total. The van der Waals surface area contributed by atoms with E-state index in [4.69, 9.17) is 11.6 Å². The Bertz CT molecular complexity index is 611. The van der Waals surface area contributed by atoms with Crippen LogP contribution in [-0.2, 0) is 6.54 Å². The van der Waals surface area contributed by atoms with Crippen molar-refractivity contribution in [2.45, 2.75) is 48.8 Å². The van der Waals surface area contributed by atoms with Crippen LogP contribution in [0.5, 0.6) is 0 Å². The summed E-state index contributed by atoms with van der Waals surface area (Å²) in [4.78, 5) is 1.11. The fourth-order valence-electron chi connectivity index (χ4n) is 2.10. The monoisotopic (exact) mass is 323 g/mol. The molecule has 1 fully saturated rings. The molecular formula is C14H18ClN5S. The third-order valence-electron chi connectivity index (χ3n) is 3.36. The van der Waals surface area contributed by atoms with E-state index < -0.39 is 0 Å². The van der Waals surface area contributed by atoms with Crippen molar-refractivity contribution >= 4 is 23.4 Å². The quantitative estimate of drug-likeness (QED) is 0.792. The van der Waals surface area contributed by atoms with Crippen molar-refractivity contribution in [3.8, 4) is 0 Å². The molecule has 2 aromatic rings. The molecule has 7 heteroatoms. The van der Waals surface area contributed by atoms with E-state index in [1.807, 2.05) is 16.8 Å². The van der Waals surface area contributed by atoms with E-state index in [1.54, 1.807) is 11.8 Å². The summed E-state index contributed by atoms with van der Waals surface area (Å²) in [6.07, 6.45) is 3.44. The van der Waals surface area contributed by atoms with Crippen LogP contribution in [0.15, 0.2) is 28.3 Å². The molecular weight excluding hydrogens is 306 g/mol. The van der Waals surface area contributed by atoms with Crippen LogP contribution in [0.4, 0.5) is 0 Å². The third kappa shape index (κ3) is 3.56. The maximum Gasteiger partial charge on any atom is 0.214 e. The molecule has 1 heterocycles. The lowest BCUT2D eigenvalue weighted by Gasteiger charge is -2.11. The van der Waals surface area contributed by atoms with Gasteiger partial charge in [-0.1, -0.05) is 24.6 Å². The SMILES string of the molecule is CCCNCc1c(Cl)cccc1Sc1nnnn1C1CC1. The molecule has 0 aliphatic heterocycles. The molecule has 3 rings (SSSR count). The first-order valence-corrected chi connectivity index (χ1v) is 8.43. The van der Waals surface area contributed by atoms with Crippen molar-refractivity contribution in [3.63, 3.8) is 0 Å². The average Bonchev–Trinajstić information content (AvgIpc) is 3.22. The number of rotatable bonds is 7. The summed E-state index contributed by atoms with van der Waals surface area (Å²) in [5.74, 6) is 0. The van der Waals surface area contributed by atoms with Crippen molar-refractivity contribution < 1.29 is 0 Å². The van der Waals surface area contributed by atoms with Crippen LogP contribution in [0.3, 0.4) is 0 Å². The van der Waals surface area contributed by atoms with Gasteiger partial charge < -0.3 is 5.32 Å². The molecule has 1 aromatic heterocycles. The summed E-state index contributed by atoms with van der Waals surface area (Å²) in [5, 5.41) is 17.1. The highest BCUT2D eigenvalue weighted by atomic mass is 35.5. The highest BCUT2D eigenvalue weighted by Gasteiger charge is 2.28. The van der Waals surface area contributed by atoms with Gasteiger partial charge in [-0.3, -0.25) is 0 Å². The smallest absolute Gasteiger partial charge is 0.214 e. The summed E-state index contributed by atoms with van der Waals surface area (Å²) in [6, 6.07) is 6.45. The van der Waals surface area contributed by atoms with E-state index in [9.17, 15) is 0 Å². The fraction of sp³-hybridized carbons (Fsp3) is 0.500. The number of hydrogen-bond acceptors (Lipinski definition) is 5. The summed E-state index contributed by atoms with van der Waals surface area (Å²) >= 11 is 7.94. The van der Waals surface area contributed by atoms with Crippen molar-refractivity contribution in [3.05, 3.63) is 28.8 Å². The second-order valence-corrected chi connectivity index (χ2v) is 6.55. The second-order valence-electron chi connectivity index (χ2n) is 5.13. The third-order valence-corrected chi connectivity index (χ3v) is 4.77. The minimum absolute atomic E-state index is 0.475. The summed E-state index contributed by atoms with van der Waals surface area (Å²) < 4.78 is 1.93. The maximum atomic E-state index is 6.35. The predicted octanol–water partition coefficient (Wildman–Crippen LogP) is 3.31. The standard InChI is InChI=1S/C14H18ClN5S/c1-2-8-16-9-11-12(15)4-3-5-13(11)21-14-17-18-19-20(14)10-6-7-10/h3-5,10,16H,2,6-9H2,1H3. The number of nitrogens with one attached hydrogen (secondary N) is 1. The lowest BCUT2D eigenvalue weighted by atomic mass is 10.2. The van der Waals surface area contributed by atoms with E-state index in [2.05, 4.69) is 33.8 Å². The van der Waals surface area contributed by atoms with Crippen molar-refractivity contribution in [1.82, 2.24) is 25.5 Å². The van der Waals surface area contributed by atoms with Gasteiger partial charge in [-0.15, -0.1) is 5.10 Å². The fourth-order valence-corrected chi connectivity index (χ4v) is 3.40. The Balaban J connectivity index is 1.80. The van der Waals surface area contributed by atoms with Gasteiger partial charge in [0.05, 0.1) is 6.04 Å². The Morgan fingerprint density at radius 1 is 1.43 bits per heavy atom. The Hall–Kier alpha value is -1.11. The normalized spacial score (nSPS) is 14.6. The zero-order valence-corrected chi connectivity index (χ0v) is 13.5. The van der Waals surface area contributed by atoms with Gasteiger partial charge in [-0.25, -0.2) is 4.68 Å². The van der Waals surface area contributed by atoms with E-state index >= 15 is 0 Å². The molecule has 21 heavy (non-hydrogen) atoms. The molecule has 1 N–H and O–H groups in total. The van der Waals surface area contributed by atoms with Crippen LogP contribution < -0.4 is 5.32 Å². The Morgan fingerprint density at radius 2 is 2.29 bits per heavy atom. The molecule has 1 aliphatic carbocycles. The van der Waals surface area contributed by atoms with Gasteiger partial charge in [0.25, 0.3) is 0 Å². The summed E-state index contributed by atoms with van der Waals surface area (Å²) in [7, 11) is 0. The molecule has 0 spiro atoms. The minimum atomic E-state index is 0.475. The van der Waals surface area contributed by atoms with Gasteiger partial charge in [-0.05, 0) is 65.7 Å². The van der Waals surface area contributed by atoms with Gasteiger partial charge in [-0.2, -0.15) is 0 Å². The Kier molecular flexibility index (Phi) is 4.77. The number of nitrogens with zero attached hydrogens (tertiary/aromatic N) is 4. The first kappa shape index (κ1) is 14.8. The second kappa shape index (κ2) is 6.77. The van der Waals surface area contributed by atoms with E-state index in [0.717, 1.165) is 40.1 Å². The van der Waals surface area contributed by atoms with Crippen molar-refractivity contribution in [2.24, 2.45) is 0 Å². The lowest BCUT2D eigenvalue weighted by Crippen LogP contribution is -2.14. The summed E-state index contributed by atoms with van der Waals surface area (Å²) in [6.45, 7) is 3.90. The molecule has 1 aliphatic rings. The topological polar surface area (TPSA) is 55.6 Å². The molecule has 0 unspecified atom stereocenters. The molecule has 0 amide bonds. The number of benzene rings is 1. The van der Waals surface area contributed by atoms with E-state index in [-0.39, 0.29) is 0 Å². The molecule has 1 aromatic carbocycles. The van der Waals surface area contributed by atoms with Crippen molar-refractivity contribution in [2.75, 3.05) is 6.54 Å². The average molecular weight is 324 g/mol. The number of tetrazole rings is 1. The predicted molar refractivity (Wildman–Crippen MR) is 83.7 cm³/mol. The van der Waals surface area contributed by atoms with Crippen LogP contribution in [0.1, 0.15) is 37.8 Å². The molecule has 0 saturated heterocycles. The zero-order valence-electron chi connectivity index (χ0n) is 11.9. The van der Waals surface area contributed by atoms with Gasteiger partial charge in [0, 0.05) is 16.5 Å². The van der Waals surface area contributed by atoms with Gasteiger partial charge in [0.15, 0.2) is 0 Å². The van der Waals surface area contributed by atoms with E-state index in [1.165, 1.54) is 12.8 Å². The number of halogens is 1. The molecule has 112 valence electrons. The van der Waals surface area contributed by atoms with Gasteiger partial charge in [0.2, 0.25) is 5.16 Å². The molecule has 0 bridgehead atoms. The van der Waals surface area contributed by atoms with Gasteiger partial charge >= 0.3 is 0 Å². The Morgan fingerprint density at radius 3 is 3.05 bits per heavy atom. The lowest BCUT2D eigenvalue weighted by molar-refractivity contribution is 0.565. The number of aromatic nitrogens is 4. The number of hydrogen-bond donors (Lipinski definition) is 1.